The molecule has 1 atom stereocenters. The van der Waals surface area contributed by atoms with Crippen LogP contribution in [0.4, 0.5) is 0 Å². The van der Waals surface area contributed by atoms with Crippen molar-refractivity contribution in [2.24, 2.45) is 5.92 Å². The molecule has 104 valence electrons. The van der Waals surface area contributed by atoms with Crippen LogP contribution in [0.15, 0.2) is 24.3 Å². The van der Waals surface area contributed by atoms with Gasteiger partial charge in [0, 0.05) is 5.54 Å². The molecule has 0 spiro atoms. The highest BCUT2D eigenvalue weighted by molar-refractivity contribution is 5.34. The molecule has 3 rings (SSSR count). The molecule has 0 radical (unpaired) electrons. The molecular weight excluding hydrogens is 230 g/mol. The molecule has 2 aliphatic rings. The van der Waals surface area contributed by atoms with Gasteiger partial charge >= 0.3 is 0 Å². The molecule has 1 aromatic rings. The van der Waals surface area contributed by atoms with Crippen LogP contribution in [0.5, 0.6) is 0 Å². The fourth-order valence-corrected chi connectivity index (χ4v) is 4.40. The van der Waals surface area contributed by atoms with Gasteiger partial charge in [-0.3, -0.25) is 0 Å². The van der Waals surface area contributed by atoms with E-state index < -0.39 is 0 Å². The molecule has 1 heteroatoms. The zero-order chi connectivity index (χ0) is 13.1. The second kappa shape index (κ2) is 5.66. The van der Waals surface area contributed by atoms with Crippen molar-refractivity contribution in [3.05, 3.63) is 35.4 Å². The monoisotopic (exact) mass is 257 g/mol. The number of nitrogens with one attached hydrogen (secondary N) is 1. The van der Waals surface area contributed by atoms with Gasteiger partial charge in [-0.05, 0) is 62.6 Å². The van der Waals surface area contributed by atoms with Crippen molar-refractivity contribution >= 4 is 0 Å². The first kappa shape index (κ1) is 13.2. The maximum Gasteiger partial charge on any atom is 0.0465 e. The summed E-state index contributed by atoms with van der Waals surface area (Å²) < 4.78 is 0. The Morgan fingerprint density at radius 3 is 2.47 bits per heavy atom. The summed E-state index contributed by atoms with van der Waals surface area (Å²) in [7, 11) is 0. The lowest BCUT2D eigenvalue weighted by Gasteiger charge is -2.47. The first-order chi connectivity index (χ1) is 9.33. The molecule has 1 N–H and O–H groups in total. The number of hydrogen-bond donors (Lipinski definition) is 1. The average Bonchev–Trinajstić information content (AvgIpc) is 2.49. The Labute approximate surface area is 117 Å². The fraction of sp³-hybridized carbons (Fsp3) is 0.667. The van der Waals surface area contributed by atoms with Crippen LogP contribution in [0.2, 0.25) is 0 Å². The summed E-state index contributed by atoms with van der Waals surface area (Å²) in [6, 6.07) is 9.07. The minimum Gasteiger partial charge on any atom is -0.307 e. The van der Waals surface area contributed by atoms with Crippen molar-refractivity contribution in [2.45, 2.75) is 63.8 Å². The molecule has 2 fully saturated rings. The molecular formula is C18H27N. The van der Waals surface area contributed by atoms with Gasteiger partial charge in [0.15, 0.2) is 0 Å². The summed E-state index contributed by atoms with van der Waals surface area (Å²) in [5, 5.41) is 3.96. The van der Waals surface area contributed by atoms with Gasteiger partial charge < -0.3 is 5.32 Å². The number of piperidine rings is 1. The lowest BCUT2D eigenvalue weighted by Crippen LogP contribution is -2.52. The highest BCUT2D eigenvalue weighted by Gasteiger charge is 2.41. The van der Waals surface area contributed by atoms with Crippen molar-refractivity contribution in [3.63, 3.8) is 0 Å². The van der Waals surface area contributed by atoms with Crippen LogP contribution in [-0.4, -0.2) is 6.54 Å². The smallest absolute Gasteiger partial charge is 0.0465 e. The number of aryl methyl sites for hydroxylation is 1. The highest BCUT2D eigenvalue weighted by atomic mass is 15.0. The third kappa shape index (κ3) is 2.45. The zero-order valence-corrected chi connectivity index (χ0v) is 12.3. The van der Waals surface area contributed by atoms with E-state index in [0.29, 0.717) is 0 Å². The van der Waals surface area contributed by atoms with Gasteiger partial charge in [0.2, 0.25) is 0 Å². The maximum absolute atomic E-state index is 3.96. The van der Waals surface area contributed by atoms with Crippen LogP contribution in [0.25, 0.3) is 0 Å². The van der Waals surface area contributed by atoms with Gasteiger partial charge in [0.05, 0.1) is 0 Å². The van der Waals surface area contributed by atoms with E-state index >= 15 is 0 Å². The Bertz CT molecular complexity index is 411. The minimum absolute atomic E-state index is 0.282. The topological polar surface area (TPSA) is 12.0 Å². The lowest BCUT2D eigenvalue weighted by atomic mass is 9.66. The second-order valence-corrected chi connectivity index (χ2v) is 6.51. The molecule has 1 heterocycles. The summed E-state index contributed by atoms with van der Waals surface area (Å²) in [5.74, 6) is 0.850. The molecule has 1 aliphatic carbocycles. The van der Waals surface area contributed by atoms with E-state index in [1.54, 1.807) is 5.56 Å². The Morgan fingerprint density at radius 1 is 1.00 bits per heavy atom. The van der Waals surface area contributed by atoms with Gasteiger partial charge in [-0.2, -0.15) is 0 Å². The van der Waals surface area contributed by atoms with Gasteiger partial charge in [-0.1, -0.05) is 43.5 Å². The summed E-state index contributed by atoms with van der Waals surface area (Å²) >= 11 is 0. The van der Waals surface area contributed by atoms with E-state index in [2.05, 4.69) is 36.5 Å². The SMILES string of the molecule is Cc1ccccc1[C@]1(C2CCCCC2)CCCCN1. The third-order valence-corrected chi connectivity index (χ3v) is 5.37. The molecule has 1 aliphatic heterocycles. The second-order valence-electron chi connectivity index (χ2n) is 6.51. The van der Waals surface area contributed by atoms with Crippen LogP contribution >= 0.6 is 0 Å². The van der Waals surface area contributed by atoms with E-state index in [9.17, 15) is 0 Å². The molecule has 0 bridgehead atoms. The van der Waals surface area contributed by atoms with Crippen LogP contribution < -0.4 is 5.32 Å². The first-order valence-corrected chi connectivity index (χ1v) is 8.14. The first-order valence-electron chi connectivity index (χ1n) is 8.14. The Balaban J connectivity index is 1.98. The van der Waals surface area contributed by atoms with E-state index in [0.717, 1.165) is 5.92 Å². The number of benzene rings is 1. The third-order valence-electron chi connectivity index (χ3n) is 5.37. The standard InChI is InChI=1S/C18H27N/c1-15-9-5-6-12-17(15)18(13-7-8-14-19-18)16-10-3-2-4-11-16/h5-6,9,12,16,19H,2-4,7-8,10-11,13-14H2,1H3/t18-/m1/s1. The number of hydrogen-bond acceptors (Lipinski definition) is 1. The van der Waals surface area contributed by atoms with Crippen LogP contribution in [0.3, 0.4) is 0 Å². The largest absolute Gasteiger partial charge is 0.307 e. The maximum atomic E-state index is 3.96. The minimum atomic E-state index is 0.282. The van der Waals surface area contributed by atoms with Crippen molar-refractivity contribution in [3.8, 4) is 0 Å². The summed E-state index contributed by atoms with van der Waals surface area (Å²) in [6.45, 7) is 3.49. The molecule has 0 aromatic heterocycles. The van der Waals surface area contributed by atoms with Gasteiger partial charge in [0.25, 0.3) is 0 Å². The highest BCUT2D eigenvalue weighted by Crippen LogP contribution is 2.44. The Hall–Kier alpha value is -0.820. The number of rotatable bonds is 2. The van der Waals surface area contributed by atoms with E-state index in [4.69, 9.17) is 0 Å². The van der Waals surface area contributed by atoms with E-state index in [1.807, 2.05) is 0 Å². The van der Waals surface area contributed by atoms with Crippen molar-refractivity contribution < 1.29 is 0 Å². The van der Waals surface area contributed by atoms with E-state index in [1.165, 1.54) is 63.5 Å². The quantitative estimate of drug-likeness (QED) is 0.820. The van der Waals surface area contributed by atoms with Crippen molar-refractivity contribution in [2.75, 3.05) is 6.54 Å². The summed E-state index contributed by atoms with van der Waals surface area (Å²) in [6.07, 6.45) is 11.2. The molecule has 1 nitrogen and oxygen atoms in total. The normalized spacial score (nSPS) is 29.3. The summed E-state index contributed by atoms with van der Waals surface area (Å²) in [5.41, 5.74) is 3.34. The zero-order valence-electron chi connectivity index (χ0n) is 12.3. The van der Waals surface area contributed by atoms with Crippen LogP contribution in [0, 0.1) is 12.8 Å². The Kier molecular flexibility index (Phi) is 3.93. The van der Waals surface area contributed by atoms with Crippen molar-refractivity contribution in [1.29, 1.82) is 0 Å². The Morgan fingerprint density at radius 2 is 1.79 bits per heavy atom. The predicted octanol–water partition coefficient (Wildman–Crippen LogP) is 4.54. The van der Waals surface area contributed by atoms with Crippen molar-refractivity contribution in [1.82, 2.24) is 5.32 Å². The van der Waals surface area contributed by atoms with Gasteiger partial charge in [0.1, 0.15) is 0 Å². The molecule has 19 heavy (non-hydrogen) atoms. The van der Waals surface area contributed by atoms with Gasteiger partial charge in [-0.15, -0.1) is 0 Å². The van der Waals surface area contributed by atoms with Crippen LogP contribution in [-0.2, 0) is 5.54 Å². The predicted molar refractivity (Wildman–Crippen MR) is 81.3 cm³/mol. The molecule has 1 aromatic carbocycles. The lowest BCUT2D eigenvalue weighted by molar-refractivity contribution is 0.123. The van der Waals surface area contributed by atoms with Crippen LogP contribution in [0.1, 0.15) is 62.5 Å². The molecule has 1 saturated heterocycles. The fourth-order valence-electron chi connectivity index (χ4n) is 4.40. The average molecular weight is 257 g/mol. The molecule has 0 amide bonds. The van der Waals surface area contributed by atoms with E-state index in [-0.39, 0.29) is 5.54 Å². The summed E-state index contributed by atoms with van der Waals surface area (Å²) in [4.78, 5) is 0. The van der Waals surface area contributed by atoms with Gasteiger partial charge in [-0.25, -0.2) is 0 Å². The molecule has 0 unspecified atom stereocenters. The molecule has 1 saturated carbocycles.